The van der Waals surface area contributed by atoms with Gasteiger partial charge in [-0.25, -0.2) is 13.2 Å². The minimum atomic E-state index is -3.14. The molecule has 0 aliphatic carbocycles. The van der Waals surface area contributed by atoms with E-state index in [9.17, 15) is 23.1 Å². The van der Waals surface area contributed by atoms with Crippen molar-refractivity contribution >= 4 is 21.7 Å². The number of sulfone groups is 1. The van der Waals surface area contributed by atoms with Crippen molar-refractivity contribution in [3.05, 3.63) is 0 Å². The van der Waals surface area contributed by atoms with E-state index in [0.29, 0.717) is 19.3 Å². The Labute approximate surface area is 113 Å². The number of carboxylic acids is 1. The monoisotopic (exact) mass is 291 g/mol. The third-order valence-corrected chi connectivity index (χ3v) is 5.13. The number of aliphatic carboxylic acids is 1. The van der Waals surface area contributed by atoms with Crippen LogP contribution in [-0.4, -0.2) is 53.9 Å². The van der Waals surface area contributed by atoms with Gasteiger partial charge in [0.05, 0.1) is 11.5 Å². The lowest BCUT2D eigenvalue weighted by Crippen LogP contribution is -2.51. The molecule has 1 saturated heterocycles. The van der Waals surface area contributed by atoms with Crippen LogP contribution in [0.4, 0.5) is 0 Å². The second-order valence-electron chi connectivity index (χ2n) is 4.85. The third-order valence-electron chi connectivity index (χ3n) is 3.38. The highest BCUT2D eigenvalue weighted by molar-refractivity contribution is 7.91. The highest BCUT2D eigenvalue weighted by Gasteiger charge is 2.39. The molecule has 0 spiro atoms. The molecule has 1 rings (SSSR count). The smallest absolute Gasteiger partial charge is 0.326 e. The predicted molar refractivity (Wildman–Crippen MR) is 70.5 cm³/mol. The largest absolute Gasteiger partial charge is 0.480 e. The topological polar surface area (TPSA) is 91.8 Å². The van der Waals surface area contributed by atoms with Crippen molar-refractivity contribution in [3.8, 4) is 0 Å². The predicted octanol–water partition coefficient (Wildman–Crippen LogP) is 0.665. The van der Waals surface area contributed by atoms with Gasteiger partial charge in [0, 0.05) is 12.5 Å². The van der Waals surface area contributed by atoms with Crippen molar-refractivity contribution in [2.24, 2.45) is 0 Å². The fraction of sp³-hybridized carbons (Fsp3) is 0.833. The van der Waals surface area contributed by atoms with Crippen molar-refractivity contribution < 1.29 is 23.1 Å². The zero-order chi connectivity index (χ0) is 14.6. The first kappa shape index (κ1) is 15.9. The average molecular weight is 291 g/mol. The molecule has 0 saturated carbocycles. The number of nitrogens with zero attached hydrogens (tertiary/aromatic N) is 1. The Bertz CT molecular complexity index is 445. The Kier molecular flexibility index (Phi) is 5.34. The summed E-state index contributed by atoms with van der Waals surface area (Å²) in [6, 6.07) is -1.42. The van der Waals surface area contributed by atoms with Gasteiger partial charge in [0.2, 0.25) is 5.91 Å². The van der Waals surface area contributed by atoms with E-state index in [0.717, 1.165) is 0 Å². The van der Waals surface area contributed by atoms with Gasteiger partial charge in [0.15, 0.2) is 9.84 Å². The second-order valence-corrected chi connectivity index (χ2v) is 7.08. The highest BCUT2D eigenvalue weighted by Crippen LogP contribution is 2.23. The molecule has 0 aromatic heterocycles. The van der Waals surface area contributed by atoms with Crippen LogP contribution in [0.15, 0.2) is 0 Å². The molecule has 7 heteroatoms. The van der Waals surface area contributed by atoms with Gasteiger partial charge in [0.25, 0.3) is 0 Å². The number of rotatable bonds is 6. The molecule has 0 aromatic rings. The van der Waals surface area contributed by atoms with E-state index >= 15 is 0 Å². The number of amides is 1. The van der Waals surface area contributed by atoms with E-state index in [1.165, 1.54) is 4.90 Å². The Morgan fingerprint density at radius 2 is 2.00 bits per heavy atom. The summed E-state index contributed by atoms with van der Waals surface area (Å²) in [6.45, 7) is 3.50. The Morgan fingerprint density at radius 1 is 1.37 bits per heavy atom. The lowest BCUT2D eigenvalue weighted by atomic mass is 10.1. The average Bonchev–Trinajstić information content (AvgIpc) is 2.68. The van der Waals surface area contributed by atoms with Crippen LogP contribution in [0.1, 0.15) is 39.5 Å². The van der Waals surface area contributed by atoms with Crippen LogP contribution in [-0.2, 0) is 19.4 Å². The van der Waals surface area contributed by atoms with Crippen LogP contribution >= 0.6 is 0 Å². The summed E-state index contributed by atoms with van der Waals surface area (Å²) >= 11 is 0. The Hall–Kier alpha value is -1.11. The summed E-state index contributed by atoms with van der Waals surface area (Å²) in [5.74, 6) is -1.44. The quantitative estimate of drug-likeness (QED) is 0.776. The van der Waals surface area contributed by atoms with E-state index in [1.54, 1.807) is 6.92 Å². The van der Waals surface area contributed by atoms with Gasteiger partial charge in [-0.05, 0) is 12.8 Å². The van der Waals surface area contributed by atoms with Crippen molar-refractivity contribution in [1.29, 1.82) is 0 Å². The van der Waals surface area contributed by atoms with Crippen molar-refractivity contribution in [1.82, 2.24) is 4.90 Å². The van der Waals surface area contributed by atoms with Crippen LogP contribution < -0.4 is 0 Å². The molecule has 0 radical (unpaired) electrons. The molecule has 1 heterocycles. The van der Waals surface area contributed by atoms with Gasteiger partial charge >= 0.3 is 5.97 Å². The molecule has 1 aliphatic rings. The zero-order valence-electron chi connectivity index (χ0n) is 11.3. The molecule has 1 fully saturated rings. The first-order valence-corrected chi connectivity index (χ1v) is 8.39. The van der Waals surface area contributed by atoms with Gasteiger partial charge in [-0.3, -0.25) is 4.79 Å². The van der Waals surface area contributed by atoms with E-state index in [-0.39, 0.29) is 23.8 Å². The van der Waals surface area contributed by atoms with Crippen LogP contribution in [0, 0.1) is 0 Å². The third kappa shape index (κ3) is 3.92. The van der Waals surface area contributed by atoms with Crippen molar-refractivity contribution in [3.63, 3.8) is 0 Å². The lowest BCUT2D eigenvalue weighted by Gasteiger charge is -2.33. The van der Waals surface area contributed by atoms with E-state index in [1.807, 2.05) is 6.92 Å². The number of carbonyl (C=O) groups is 2. The fourth-order valence-electron chi connectivity index (χ4n) is 2.46. The van der Waals surface area contributed by atoms with Crippen molar-refractivity contribution in [2.75, 3.05) is 11.5 Å². The van der Waals surface area contributed by atoms with E-state index in [2.05, 4.69) is 0 Å². The van der Waals surface area contributed by atoms with Gasteiger partial charge in [-0.15, -0.1) is 0 Å². The molecule has 2 atom stereocenters. The minimum Gasteiger partial charge on any atom is -0.480 e. The Balaban J connectivity index is 3.00. The molecular weight excluding hydrogens is 270 g/mol. The molecular formula is C12H21NO5S. The maximum absolute atomic E-state index is 12.0. The highest BCUT2D eigenvalue weighted by atomic mass is 32.2. The normalized spacial score (nSPS) is 22.9. The number of hydrogen-bond acceptors (Lipinski definition) is 4. The number of carboxylic acid groups (broad SMARTS) is 1. The van der Waals surface area contributed by atoms with Gasteiger partial charge in [-0.1, -0.05) is 20.3 Å². The first-order valence-electron chi connectivity index (χ1n) is 6.56. The number of carbonyl (C=O) groups excluding carboxylic acids is 1. The molecule has 0 unspecified atom stereocenters. The van der Waals surface area contributed by atoms with E-state index in [4.69, 9.17) is 0 Å². The SMILES string of the molecule is CCC[C@H](C(=O)O)N(C(=O)CC)[C@H]1CCS(=O)(=O)C1. The Morgan fingerprint density at radius 3 is 2.37 bits per heavy atom. The summed E-state index contributed by atoms with van der Waals surface area (Å²) in [7, 11) is -3.14. The molecule has 110 valence electrons. The van der Waals surface area contributed by atoms with Crippen LogP contribution in [0.5, 0.6) is 0 Å². The van der Waals surface area contributed by atoms with Gasteiger partial charge in [0.1, 0.15) is 6.04 Å². The molecule has 1 N–H and O–H groups in total. The summed E-state index contributed by atoms with van der Waals surface area (Å²) < 4.78 is 23.0. The summed E-state index contributed by atoms with van der Waals surface area (Å²) in [4.78, 5) is 24.6. The van der Waals surface area contributed by atoms with Crippen LogP contribution in [0.2, 0.25) is 0 Å². The standard InChI is InChI=1S/C12H21NO5S/c1-3-5-10(12(15)16)13(11(14)4-2)9-6-7-19(17,18)8-9/h9-10H,3-8H2,1-2H3,(H,15,16)/t9-,10+/m0/s1. The molecule has 19 heavy (non-hydrogen) atoms. The summed E-state index contributed by atoms with van der Waals surface area (Å²) in [5, 5.41) is 9.27. The van der Waals surface area contributed by atoms with Crippen molar-refractivity contribution in [2.45, 2.75) is 51.6 Å². The minimum absolute atomic E-state index is 0.0314. The van der Waals surface area contributed by atoms with Crippen LogP contribution in [0.25, 0.3) is 0 Å². The summed E-state index contributed by atoms with van der Waals surface area (Å²) in [5.41, 5.74) is 0. The van der Waals surface area contributed by atoms with Gasteiger partial charge in [-0.2, -0.15) is 0 Å². The molecule has 6 nitrogen and oxygen atoms in total. The zero-order valence-corrected chi connectivity index (χ0v) is 12.1. The van der Waals surface area contributed by atoms with E-state index < -0.39 is 27.9 Å². The lowest BCUT2D eigenvalue weighted by molar-refractivity contribution is -0.152. The second kappa shape index (κ2) is 6.36. The molecule has 0 bridgehead atoms. The maximum Gasteiger partial charge on any atom is 0.326 e. The van der Waals surface area contributed by atoms with Gasteiger partial charge < -0.3 is 10.0 Å². The number of hydrogen-bond donors (Lipinski definition) is 1. The molecule has 1 aliphatic heterocycles. The summed E-state index contributed by atoms with van der Waals surface area (Å²) in [6.07, 6.45) is 1.49. The fourth-order valence-corrected chi connectivity index (χ4v) is 4.18. The molecule has 0 aromatic carbocycles. The first-order chi connectivity index (χ1) is 8.82. The van der Waals surface area contributed by atoms with Crippen LogP contribution in [0.3, 0.4) is 0 Å². The molecule has 1 amide bonds. The maximum atomic E-state index is 12.0.